The number of hydrogen-bond acceptors (Lipinski definition) is 28. The minimum Gasteiger partial charge on any atom is -0.394 e. The summed E-state index contributed by atoms with van der Waals surface area (Å²) in [5, 5.41) is 172. The lowest BCUT2D eigenvalue weighted by Gasteiger charge is -2.51. The Morgan fingerprint density at radius 1 is 0.347 bits per heavy atom. The Morgan fingerprint density at radius 2 is 0.680 bits per heavy atom. The molecule has 75 heavy (non-hydrogen) atoms. The number of unbranched alkanes of at least 4 members (excludes halogenated alkanes) is 8. The Kier molecular flexibility index (Phi) is 27.9. The molecule has 0 spiro atoms. The van der Waals surface area contributed by atoms with Gasteiger partial charge in [-0.25, -0.2) is 0 Å². The van der Waals surface area contributed by atoms with Crippen LogP contribution in [-0.2, 0) is 56.8 Å². The molecule has 0 aromatic heterocycles. The van der Waals surface area contributed by atoms with Gasteiger partial charge in [-0.1, -0.05) is 65.2 Å². The van der Waals surface area contributed by atoms with E-state index < -0.39 is 193 Å². The molecule has 0 aromatic rings. The number of rotatable bonds is 31. The molecule has 442 valence electrons. The van der Waals surface area contributed by atoms with E-state index in [-0.39, 0.29) is 13.2 Å². The van der Waals surface area contributed by atoms with Crippen LogP contribution in [0.15, 0.2) is 0 Å². The van der Waals surface area contributed by atoms with Gasteiger partial charge in [0.15, 0.2) is 31.5 Å². The second kappa shape index (κ2) is 32.4. The van der Waals surface area contributed by atoms with Crippen LogP contribution < -0.4 is 0 Å². The summed E-state index contributed by atoms with van der Waals surface area (Å²) in [6.07, 6.45) is -39.6. The highest BCUT2D eigenvalue weighted by Crippen LogP contribution is 2.38. The first kappa shape index (κ1) is 64.7. The summed E-state index contributed by atoms with van der Waals surface area (Å²) in [7, 11) is 0. The van der Waals surface area contributed by atoms with Gasteiger partial charge in [0.25, 0.3) is 0 Å². The lowest BCUT2D eigenvalue weighted by molar-refractivity contribution is -0.415. The van der Waals surface area contributed by atoms with E-state index in [4.69, 9.17) is 56.8 Å². The van der Waals surface area contributed by atoms with Crippen molar-refractivity contribution in [3.05, 3.63) is 0 Å². The van der Waals surface area contributed by atoms with Crippen LogP contribution in [0.4, 0.5) is 0 Å². The molecule has 5 fully saturated rings. The third-order valence-corrected chi connectivity index (χ3v) is 14.0. The van der Waals surface area contributed by atoms with Crippen molar-refractivity contribution >= 4 is 0 Å². The van der Waals surface area contributed by atoms with E-state index >= 15 is 0 Å². The first-order chi connectivity index (χ1) is 36.0. The quantitative estimate of drug-likeness (QED) is 0.0287. The molecule has 28 heteroatoms. The third kappa shape index (κ3) is 17.2. The van der Waals surface area contributed by atoms with Gasteiger partial charge in [0, 0.05) is 13.2 Å². The average Bonchev–Trinajstić information content (AvgIpc) is 3.40. The number of ether oxygens (including phenoxy) is 12. The maximum absolute atomic E-state index is 11.4. The van der Waals surface area contributed by atoms with Crippen molar-refractivity contribution < 1.29 is 139 Å². The van der Waals surface area contributed by atoms with Crippen molar-refractivity contribution in [1.82, 2.24) is 0 Å². The van der Waals surface area contributed by atoms with E-state index in [1.165, 1.54) is 0 Å². The largest absolute Gasteiger partial charge is 0.394 e. The molecule has 0 radical (unpaired) electrons. The smallest absolute Gasteiger partial charge is 0.187 e. The Bertz CT molecular complexity index is 1520. The topological polar surface area (TPSA) is 434 Å². The van der Waals surface area contributed by atoms with Crippen LogP contribution >= 0.6 is 0 Å². The summed E-state index contributed by atoms with van der Waals surface area (Å²) in [6.45, 7) is -0.0112. The molecule has 5 heterocycles. The maximum atomic E-state index is 11.4. The monoisotopic (exact) mass is 1100 g/mol. The molecule has 5 aliphatic heterocycles. The van der Waals surface area contributed by atoms with Gasteiger partial charge in [0.1, 0.15) is 128 Å². The van der Waals surface area contributed by atoms with Gasteiger partial charge in [0.05, 0.1) is 46.2 Å². The van der Waals surface area contributed by atoms with Gasteiger partial charge in [-0.3, -0.25) is 0 Å². The third-order valence-electron chi connectivity index (χ3n) is 14.0. The average molecular weight is 1100 g/mol. The molecule has 0 bridgehead atoms. The Hall–Kier alpha value is -1.12. The summed E-state index contributed by atoms with van der Waals surface area (Å²) in [4.78, 5) is 0. The predicted molar refractivity (Wildman–Crippen MR) is 248 cm³/mol. The summed E-state index contributed by atoms with van der Waals surface area (Å²) in [6, 6.07) is 0. The molecule has 5 aliphatic rings. The van der Waals surface area contributed by atoms with E-state index in [9.17, 15) is 81.7 Å². The van der Waals surface area contributed by atoms with Crippen molar-refractivity contribution in [3.8, 4) is 0 Å². The molecule has 25 atom stereocenters. The highest BCUT2D eigenvalue weighted by Gasteiger charge is 2.58. The minimum atomic E-state index is -2.15. The molecule has 5 saturated heterocycles. The highest BCUT2D eigenvalue weighted by atomic mass is 16.8. The fraction of sp³-hybridized carbons (Fsp3) is 1.00. The van der Waals surface area contributed by atoms with Crippen molar-refractivity contribution in [2.24, 2.45) is 0 Å². The molecular formula is C47H86O28. The van der Waals surface area contributed by atoms with Gasteiger partial charge in [0.2, 0.25) is 0 Å². The van der Waals surface area contributed by atoms with E-state index in [0.29, 0.717) is 26.1 Å². The van der Waals surface area contributed by atoms with Crippen molar-refractivity contribution in [3.63, 3.8) is 0 Å². The Balaban J connectivity index is 1.63. The highest BCUT2D eigenvalue weighted by molar-refractivity contribution is 5.00. The fourth-order valence-corrected chi connectivity index (χ4v) is 9.35. The summed E-state index contributed by atoms with van der Waals surface area (Å²) in [5.41, 5.74) is 0. The van der Waals surface area contributed by atoms with Gasteiger partial charge >= 0.3 is 0 Å². The molecule has 10 unspecified atom stereocenters. The Labute approximate surface area is 435 Å². The zero-order valence-electron chi connectivity index (χ0n) is 42.5. The standard InChI is InChI=1S/C47H86O28/c1-3-5-7-9-11-13-64-19-22(20-65-14-12-10-8-6-4-2)67-47-42(75-46-39(63)35(59)31(55)26(18-51)71-46)41(74-45-38(62)34(58)30(54)25(17-50)70-45)40(73-44-37(61)33(57)29(53)24(16-49)69-44)27(72-47)21-66-43-36(60)32(56)28(52)23(15-48)68-43/h22-63H,3-21H2,1-2H3/t23?,24?,25?,26?,27?,28-,29-,30-,31-,32+,33+,34+,35+,36?,37?,38?,39?,40-,41+,42?,43-,44+,45+,46+,47-/m1/s1. The lowest BCUT2D eigenvalue weighted by atomic mass is 9.95. The summed E-state index contributed by atoms with van der Waals surface area (Å²) in [5.74, 6) is 0. The molecule has 0 amide bonds. The van der Waals surface area contributed by atoms with E-state index in [1.54, 1.807) is 0 Å². The van der Waals surface area contributed by atoms with Gasteiger partial charge < -0.3 is 139 Å². The summed E-state index contributed by atoms with van der Waals surface area (Å²) < 4.78 is 73.3. The molecule has 28 nitrogen and oxygen atoms in total. The molecule has 16 N–H and O–H groups in total. The second-order valence-corrected chi connectivity index (χ2v) is 19.7. The van der Waals surface area contributed by atoms with Crippen molar-refractivity contribution in [2.45, 2.75) is 238 Å². The molecule has 0 saturated carbocycles. The Morgan fingerprint density at radius 3 is 1.07 bits per heavy atom. The second-order valence-electron chi connectivity index (χ2n) is 19.7. The van der Waals surface area contributed by atoms with Crippen LogP contribution in [0.2, 0.25) is 0 Å². The van der Waals surface area contributed by atoms with Crippen LogP contribution in [-0.4, -0.2) is 301 Å². The molecule has 5 rings (SSSR count). The van der Waals surface area contributed by atoms with Crippen molar-refractivity contribution in [1.29, 1.82) is 0 Å². The minimum absolute atomic E-state index is 0.148. The number of hydrogen-bond donors (Lipinski definition) is 16. The SMILES string of the molecule is CCCCCCCOCC(COCCCCCCC)O[C@@H]1OC(CO[C@@H]2OC(CO)[C@@H](O)[C@H](O)C2O)[C@@H](O[C@@H]2OC(CO)[C@@H](O)[C@H](O)C2O)[C@H](O[C@@H]2OC(CO)[C@@H](O)[C@H](O)C2O)C1O[C@@H]1OC(CO)[C@@H](O)[C@H](O)C1O. The normalized spacial score (nSPS) is 42.8. The molecule has 0 aliphatic carbocycles. The van der Waals surface area contributed by atoms with Gasteiger partial charge in [-0.05, 0) is 12.8 Å². The summed E-state index contributed by atoms with van der Waals surface area (Å²) >= 11 is 0. The van der Waals surface area contributed by atoms with Gasteiger partial charge in [-0.2, -0.15) is 0 Å². The van der Waals surface area contributed by atoms with Gasteiger partial charge in [-0.15, -0.1) is 0 Å². The lowest BCUT2D eigenvalue weighted by Crippen LogP contribution is -2.69. The zero-order chi connectivity index (χ0) is 54.9. The first-order valence-corrected chi connectivity index (χ1v) is 26.2. The predicted octanol–water partition coefficient (Wildman–Crippen LogP) is -6.56. The van der Waals surface area contributed by atoms with Crippen molar-refractivity contribution in [2.75, 3.05) is 59.5 Å². The van der Waals surface area contributed by atoms with Crippen LogP contribution in [0.1, 0.15) is 78.1 Å². The van der Waals surface area contributed by atoms with E-state index in [0.717, 1.165) is 51.4 Å². The van der Waals surface area contributed by atoms with Crippen LogP contribution in [0.3, 0.4) is 0 Å². The first-order valence-electron chi connectivity index (χ1n) is 26.2. The zero-order valence-corrected chi connectivity index (χ0v) is 42.5. The fourth-order valence-electron chi connectivity index (χ4n) is 9.35. The number of aliphatic hydroxyl groups excluding tert-OH is 16. The van der Waals surface area contributed by atoms with Crippen LogP contribution in [0.5, 0.6) is 0 Å². The van der Waals surface area contributed by atoms with Crippen LogP contribution in [0.25, 0.3) is 0 Å². The number of aliphatic hydroxyl groups is 16. The van der Waals surface area contributed by atoms with E-state index in [2.05, 4.69) is 13.8 Å². The molecule has 0 aromatic carbocycles. The van der Waals surface area contributed by atoms with E-state index in [1.807, 2.05) is 0 Å². The van der Waals surface area contributed by atoms with Crippen LogP contribution in [0, 0.1) is 0 Å². The molecular weight excluding hydrogens is 1010 g/mol. The maximum Gasteiger partial charge on any atom is 0.187 e.